The first-order valence-corrected chi connectivity index (χ1v) is 3.69. The van der Waals surface area contributed by atoms with Crippen LogP contribution in [0, 0.1) is 0 Å². The van der Waals surface area contributed by atoms with Gasteiger partial charge < -0.3 is 9.47 Å². The highest BCUT2D eigenvalue weighted by Gasteiger charge is 2.20. The third-order valence-corrected chi connectivity index (χ3v) is 1.33. The molecule has 1 aromatic rings. The third kappa shape index (κ3) is 1.73. The van der Waals surface area contributed by atoms with Gasteiger partial charge in [-0.3, -0.25) is 0 Å². The first-order chi connectivity index (χ1) is 8.50. The first kappa shape index (κ1) is 3.23. The summed E-state index contributed by atoms with van der Waals surface area (Å²) in [6.45, 7) is -5.39. The molecule has 4 nitrogen and oxygen atoms in total. The molecule has 0 spiro atoms. The Morgan fingerprint density at radius 1 is 1.75 bits per heavy atom. The Morgan fingerprint density at radius 2 is 2.42 bits per heavy atom. The number of halogens is 1. The summed E-state index contributed by atoms with van der Waals surface area (Å²) in [6, 6.07) is -0.635. The second kappa shape index (κ2) is 3.37. The zero-order valence-corrected chi connectivity index (χ0v) is 7.17. The summed E-state index contributed by atoms with van der Waals surface area (Å²) in [5.74, 6) is 0. The highest BCUT2D eigenvalue weighted by molar-refractivity contribution is 9.10. The molecule has 0 bridgehead atoms. The molecule has 0 aromatic carbocycles. The van der Waals surface area contributed by atoms with E-state index in [4.69, 9.17) is 14.3 Å². The standard InChI is InChI=1S/C7H7BrN2O2/c8-5-1-9-7(10-2-5)12-6-3-11-4-6/h1-2,6H,3-4H2/i1D,2D,3D2,4D2,6D. The smallest absolute Gasteiger partial charge is 0.316 e. The van der Waals surface area contributed by atoms with Crippen molar-refractivity contribution >= 4 is 15.9 Å². The summed E-state index contributed by atoms with van der Waals surface area (Å²) in [6.07, 6.45) is -3.49. The van der Waals surface area contributed by atoms with Gasteiger partial charge in [0.25, 0.3) is 0 Å². The van der Waals surface area contributed by atoms with E-state index in [0.29, 0.717) is 0 Å². The van der Waals surface area contributed by atoms with Crippen molar-refractivity contribution in [3.05, 3.63) is 16.8 Å². The van der Waals surface area contributed by atoms with E-state index in [1.54, 1.807) is 0 Å². The van der Waals surface area contributed by atoms with Crippen LogP contribution in [0.25, 0.3) is 0 Å². The molecule has 0 aliphatic carbocycles. The zero-order chi connectivity index (χ0) is 14.6. The molecule has 2 heterocycles. The maximum absolute atomic E-state index is 7.69. The average molecular weight is 238 g/mol. The predicted molar refractivity (Wildman–Crippen MR) is 45.0 cm³/mol. The first-order valence-electron chi connectivity index (χ1n) is 6.40. The van der Waals surface area contributed by atoms with Gasteiger partial charge in [-0.25, -0.2) is 9.97 Å². The molecule has 0 unspecified atom stereocenters. The predicted octanol–water partition coefficient (Wildman–Crippen LogP) is 1.02. The quantitative estimate of drug-likeness (QED) is 0.771. The Balaban J connectivity index is 2.36. The summed E-state index contributed by atoms with van der Waals surface area (Å²) in [5.41, 5.74) is 0. The van der Waals surface area contributed by atoms with Crippen LogP contribution >= 0.6 is 15.9 Å². The monoisotopic (exact) mass is 237 g/mol. The van der Waals surface area contributed by atoms with Crippen molar-refractivity contribution < 1.29 is 19.1 Å². The Morgan fingerprint density at radius 3 is 3.00 bits per heavy atom. The van der Waals surface area contributed by atoms with Crippen LogP contribution in [0.4, 0.5) is 0 Å². The lowest BCUT2D eigenvalue weighted by Gasteiger charge is -2.25. The molecule has 5 heteroatoms. The molecule has 0 atom stereocenters. The van der Waals surface area contributed by atoms with Crippen molar-refractivity contribution in [2.75, 3.05) is 13.1 Å². The fourth-order valence-corrected chi connectivity index (χ4v) is 0.692. The van der Waals surface area contributed by atoms with E-state index in [2.05, 4.69) is 30.6 Å². The van der Waals surface area contributed by atoms with E-state index in [9.17, 15) is 0 Å². The lowest BCUT2D eigenvalue weighted by Crippen LogP contribution is -2.38. The summed E-state index contributed by atoms with van der Waals surface area (Å²) < 4.78 is 60.8. The van der Waals surface area contributed by atoms with Crippen LogP contribution in [-0.2, 0) is 4.74 Å². The minimum Gasteiger partial charge on any atom is -0.455 e. The Labute approximate surface area is 87.9 Å². The highest BCUT2D eigenvalue weighted by Crippen LogP contribution is 2.12. The van der Waals surface area contributed by atoms with Crippen molar-refractivity contribution in [3.8, 4) is 6.01 Å². The largest absolute Gasteiger partial charge is 0.455 e. The van der Waals surface area contributed by atoms with Crippen LogP contribution < -0.4 is 4.74 Å². The summed E-state index contributed by atoms with van der Waals surface area (Å²) in [7, 11) is 0. The normalized spacial score (nSPS) is 36.6. The lowest BCUT2D eigenvalue weighted by atomic mass is 10.3. The fraction of sp³-hybridized carbons (Fsp3) is 0.429. The Kier molecular flexibility index (Phi) is 0.906. The van der Waals surface area contributed by atoms with E-state index in [1.807, 2.05) is 0 Å². The molecular formula is C7H7BrN2O2. The molecule has 2 rings (SSSR count). The van der Waals surface area contributed by atoms with Crippen molar-refractivity contribution in [1.82, 2.24) is 9.97 Å². The van der Waals surface area contributed by atoms with Crippen LogP contribution in [0.1, 0.15) is 9.60 Å². The Bertz CT molecular complexity index is 503. The minimum absolute atomic E-state index is 0.00904. The van der Waals surface area contributed by atoms with Crippen LogP contribution in [0.2, 0.25) is 0 Å². The van der Waals surface area contributed by atoms with E-state index in [0.717, 1.165) is 0 Å². The molecule has 1 aromatic heterocycles. The van der Waals surface area contributed by atoms with Gasteiger partial charge in [-0.1, -0.05) is 0 Å². The van der Waals surface area contributed by atoms with E-state index in [1.165, 1.54) is 0 Å². The molecular weight excluding hydrogens is 224 g/mol. The van der Waals surface area contributed by atoms with Gasteiger partial charge in [0, 0.05) is 12.3 Å². The molecule has 1 aliphatic heterocycles. The van der Waals surface area contributed by atoms with Crippen LogP contribution in [0.5, 0.6) is 6.01 Å². The van der Waals surface area contributed by atoms with Crippen LogP contribution in [-0.4, -0.2) is 29.2 Å². The SMILES string of the molecule is [2H]c1nc(OC2([2H])C([2H])([2H])OC2([2H])[2H])nc([2H])c1Br. The van der Waals surface area contributed by atoms with Crippen molar-refractivity contribution in [1.29, 1.82) is 0 Å². The van der Waals surface area contributed by atoms with Gasteiger partial charge in [0.05, 0.1) is 27.2 Å². The second-order valence-electron chi connectivity index (χ2n) is 1.78. The van der Waals surface area contributed by atoms with E-state index >= 15 is 0 Å². The number of nitrogens with zero attached hydrogens (tertiary/aromatic N) is 2. The van der Waals surface area contributed by atoms with Gasteiger partial charge in [-0.15, -0.1) is 0 Å². The van der Waals surface area contributed by atoms with Crippen LogP contribution in [0.15, 0.2) is 16.8 Å². The second-order valence-corrected chi connectivity index (χ2v) is 2.57. The van der Waals surface area contributed by atoms with Gasteiger partial charge in [-0.2, -0.15) is 0 Å². The summed E-state index contributed by atoms with van der Waals surface area (Å²) in [4.78, 5) is 6.98. The van der Waals surface area contributed by atoms with Crippen molar-refractivity contribution in [2.24, 2.45) is 0 Å². The highest BCUT2D eigenvalue weighted by atomic mass is 79.9. The molecule has 12 heavy (non-hydrogen) atoms. The number of hydrogen-bond donors (Lipinski definition) is 0. The topological polar surface area (TPSA) is 44.2 Å². The molecule has 0 N–H and O–H groups in total. The molecule has 1 fully saturated rings. The maximum Gasteiger partial charge on any atom is 0.316 e. The Hall–Kier alpha value is -0.680. The van der Waals surface area contributed by atoms with Gasteiger partial charge in [0.15, 0.2) is 0 Å². The molecule has 1 saturated heterocycles. The fourth-order valence-electron chi connectivity index (χ4n) is 0.515. The van der Waals surface area contributed by atoms with E-state index < -0.39 is 25.2 Å². The van der Waals surface area contributed by atoms with Crippen LogP contribution in [0.3, 0.4) is 0 Å². The van der Waals surface area contributed by atoms with Crippen molar-refractivity contribution in [2.45, 2.75) is 6.08 Å². The van der Waals surface area contributed by atoms with Gasteiger partial charge in [-0.05, 0) is 15.9 Å². The molecule has 64 valence electrons. The van der Waals surface area contributed by atoms with Crippen molar-refractivity contribution in [3.63, 3.8) is 0 Å². The van der Waals surface area contributed by atoms with Gasteiger partial charge >= 0.3 is 6.01 Å². The summed E-state index contributed by atoms with van der Waals surface area (Å²) in [5, 5.41) is 0. The molecule has 0 radical (unpaired) electrons. The maximum atomic E-state index is 7.69. The number of hydrogen-bond acceptors (Lipinski definition) is 4. The third-order valence-electron chi connectivity index (χ3n) is 0.980. The number of rotatable bonds is 2. The lowest BCUT2D eigenvalue weighted by molar-refractivity contribution is -0.0831. The molecule has 0 saturated carbocycles. The minimum atomic E-state index is -2.72. The molecule has 0 amide bonds. The molecule has 1 aliphatic rings. The van der Waals surface area contributed by atoms with E-state index in [-0.39, 0.29) is 16.8 Å². The number of ether oxygens (including phenoxy) is 2. The average Bonchev–Trinajstić information content (AvgIpc) is 2.23. The zero-order valence-electron chi connectivity index (χ0n) is 12.6. The van der Waals surface area contributed by atoms with Gasteiger partial charge in [0.1, 0.15) is 6.08 Å². The van der Waals surface area contributed by atoms with Gasteiger partial charge in [0.2, 0.25) is 0 Å². The summed E-state index contributed by atoms with van der Waals surface area (Å²) >= 11 is 2.89. The number of aromatic nitrogens is 2.